The minimum absolute atomic E-state index is 0.149. The Morgan fingerprint density at radius 2 is 2.39 bits per heavy atom. The largest absolute Gasteiger partial charge is 0.488 e. The second-order valence-corrected chi connectivity index (χ2v) is 6.90. The second-order valence-electron chi connectivity index (χ2n) is 4.66. The molecular formula is C13H18ClNO2S. The molecule has 0 aromatic heterocycles. The third-order valence-electron chi connectivity index (χ3n) is 3.13. The topological polar surface area (TPSA) is 38.3 Å². The molecule has 18 heavy (non-hydrogen) atoms. The lowest BCUT2D eigenvalue weighted by atomic mass is 10.1. The van der Waals surface area contributed by atoms with Gasteiger partial charge in [-0.05, 0) is 30.7 Å². The van der Waals surface area contributed by atoms with E-state index in [9.17, 15) is 4.21 Å². The average Bonchev–Trinajstić information content (AvgIpc) is 2.70. The molecule has 1 heterocycles. The molecule has 100 valence electrons. The molecule has 0 bridgehead atoms. The normalized spacial score (nSPS) is 21.2. The molecule has 3 atom stereocenters. The fourth-order valence-corrected chi connectivity index (χ4v) is 2.52. The maximum absolute atomic E-state index is 11.2. The summed E-state index contributed by atoms with van der Waals surface area (Å²) in [5.41, 5.74) is 1.17. The fraction of sp³-hybridized carbons (Fsp3) is 0.538. The van der Waals surface area contributed by atoms with Crippen LogP contribution in [0.5, 0.6) is 5.75 Å². The molecule has 2 rings (SSSR count). The van der Waals surface area contributed by atoms with Gasteiger partial charge in [0.15, 0.2) is 0 Å². The maximum Gasteiger partial charge on any atom is 0.123 e. The highest BCUT2D eigenvalue weighted by molar-refractivity contribution is 7.84. The number of fused-ring (bicyclic) bond motifs is 1. The van der Waals surface area contributed by atoms with Crippen molar-refractivity contribution in [1.82, 2.24) is 5.32 Å². The molecule has 1 aromatic carbocycles. The third kappa shape index (κ3) is 3.46. The van der Waals surface area contributed by atoms with Gasteiger partial charge in [0.2, 0.25) is 0 Å². The van der Waals surface area contributed by atoms with Gasteiger partial charge in [-0.15, -0.1) is 0 Å². The first-order valence-electron chi connectivity index (χ1n) is 6.04. The first kappa shape index (κ1) is 13.8. The van der Waals surface area contributed by atoms with Crippen molar-refractivity contribution < 1.29 is 8.95 Å². The molecule has 5 heteroatoms. The van der Waals surface area contributed by atoms with Crippen LogP contribution in [0.15, 0.2) is 18.2 Å². The summed E-state index contributed by atoms with van der Waals surface area (Å²) in [6.45, 7) is 3.50. The summed E-state index contributed by atoms with van der Waals surface area (Å²) in [5.74, 6) is 0.929. The Bertz CT molecular complexity index is 453. The number of nitrogens with one attached hydrogen (secondary N) is 1. The zero-order valence-electron chi connectivity index (χ0n) is 10.6. The molecule has 1 aliphatic heterocycles. The van der Waals surface area contributed by atoms with Gasteiger partial charge in [0.25, 0.3) is 0 Å². The third-order valence-corrected chi connectivity index (χ3v) is 4.67. The summed E-state index contributed by atoms with van der Waals surface area (Å²) in [6, 6.07) is 5.72. The average molecular weight is 288 g/mol. The lowest BCUT2D eigenvalue weighted by molar-refractivity contribution is 0.228. The van der Waals surface area contributed by atoms with Crippen LogP contribution in [0.1, 0.15) is 12.5 Å². The van der Waals surface area contributed by atoms with Crippen LogP contribution in [0, 0.1) is 0 Å². The van der Waals surface area contributed by atoms with Crippen LogP contribution in [-0.4, -0.2) is 34.9 Å². The standard InChI is InChI=1S/C13H18ClNO2S/c1-9(18(2)16)7-15-8-12-6-10-5-11(14)3-4-13(10)17-12/h3-5,9,12,15H,6-8H2,1-2H3. The zero-order valence-corrected chi connectivity index (χ0v) is 12.2. The highest BCUT2D eigenvalue weighted by atomic mass is 35.5. The van der Waals surface area contributed by atoms with Crippen molar-refractivity contribution in [2.24, 2.45) is 0 Å². The van der Waals surface area contributed by atoms with E-state index in [1.165, 1.54) is 5.56 Å². The molecule has 0 saturated carbocycles. The van der Waals surface area contributed by atoms with Crippen LogP contribution in [-0.2, 0) is 17.2 Å². The minimum Gasteiger partial charge on any atom is -0.488 e. The van der Waals surface area contributed by atoms with Crippen molar-refractivity contribution >= 4 is 22.4 Å². The fourth-order valence-electron chi connectivity index (χ4n) is 1.97. The lowest BCUT2D eigenvalue weighted by Gasteiger charge is -2.14. The van der Waals surface area contributed by atoms with E-state index in [1.54, 1.807) is 6.26 Å². The van der Waals surface area contributed by atoms with E-state index in [0.29, 0.717) is 0 Å². The molecule has 0 saturated heterocycles. The molecule has 0 fully saturated rings. The number of hydrogen-bond acceptors (Lipinski definition) is 3. The molecule has 1 aliphatic rings. The first-order chi connectivity index (χ1) is 8.56. The van der Waals surface area contributed by atoms with E-state index >= 15 is 0 Å². The van der Waals surface area contributed by atoms with Gasteiger partial charge < -0.3 is 10.1 Å². The quantitative estimate of drug-likeness (QED) is 0.900. The Hall–Kier alpha value is -0.580. The van der Waals surface area contributed by atoms with Crippen molar-refractivity contribution in [3.63, 3.8) is 0 Å². The minimum atomic E-state index is -0.777. The Balaban J connectivity index is 1.80. The van der Waals surface area contributed by atoms with Gasteiger partial charge in [0.1, 0.15) is 11.9 Å². The highest BCUT2D eigenvalue weighted by Crippen LogP contribution is 2.30. The molecular weight excluding hydrogens is 270 g/mol. The Morgan fingerprint density at radius 1 is 1.61 bits per heavy atom. The van der Waals surface area contributed by atoms with Crippen molar-refractivity contribution in [3.05, 3.63) is 28.8 Å². The van der Waals surface area contributed by atoms with Crippen LogP contribution in [0.2, 0.25) is 5.02 Å². The van der Waals surface area contributed by atoms with Crippen molar-refractivity contribution in [1.29, 1.82) is 0 Å². The van der Waals surface area contributed by atoms with Crippen LogP contribution < -0.4 is 10.1 Å². The highest BCUT2D eigenvalue weighted by Gasteiger charge is 2.22. The van der Waals surface area contributed by atoms with E-state index in [-0.39, 0.29) is 11.4 Å². The second kappa shape index (κ2) is 6.04. The molecule has 1 N–H and O–H groups in total. The van der Waals surface area contributed by atoms with Gasteiger partial charge in [-0.3, -0.25) is 4.21 Å². The van der Waals surface area contributed by atoms with E-state index in [1.807, 2.05) is 25.1 Å². The van der Waals surface area contributed by atoms with Gasteiger partial charge >= 0.3 is 0 Å². The first-order valence-corrected chi connectivity index (χ1v) is 8.04. The predicted molar refractivity (Wildman–Crippen MR) is 76.0 cm³/mol. The lowest BCUT2D eigenvalue weighted by Crippen LogP contribution is -2.35. The maximum atomic E-state index is 11.2. The molecule has 3 unspecified atom stereocenters. The van der Waals surface area contributed by atoms with Crippen LogP contribution in [0.3, 0.4) is 0 Å². The van der Waals surface area contributed by atoms with Gasteiger partial charge in [-0.1, -0.05) is 11.6 Å². The summed E-state index contributed by atoms with van der Waals surface area (Å²) in [7, 11) is -0.777. The molecule has 0 amide bonds. The zero-order chi connectivity index (χ0) is 13.1. The van der Waals surface area contributed by atoms with Gasteiger partial charge in [0, 0.05) is 46.8 Å². The van der Waals surface area contributed by atoms with E-state index in [2.05, 4.69) is 5.32 Å². The van der Waals surface area contributed by atoms with Gasteiger partial charge in [-0.25, -0.2) is 0 Å². The molecule has 0 spiro atoms. The van der Waals surface area contributed by atoms with Crippen molar-refractivity contribution in [2.45, 2.75) is 24.7 Å². The SMILES string of the molecule is CC(CNCC1Cc2cc(Cl)ccc2O1)S(C)=O. The van der Waals surface area contributed by atoms with Crippen LogP contribution >= 0.6 is 11.6 Å². The van der Waals surface area contributed by atoms with Crippen molar-refractivity contribution in [3.8, 4) is 5.75 Å². The number of ether oxygens (including phenoxy) is 1. The molecule has 1 aromatic rings. The van der Waals surface area contributed by atoms with Crippen LogP contribution in [0.4, 0.5) is 0 Å². The number of hydrogen-bond donors (Lipinski definition) is 1. The summed E-state index contributed by atoms with van der Waals surface area (Å²) < 4.78 is 17.0. The number of rotatable bonds is 5. The monoisotopic (exact) mass is 287 g/mol. The Labute approximate surface area is 115 Å². The molecule has 0 radical (unpaired) electrons. The van der Waals surface area contributed by atoms with Gasteiger partial charge in [-0.2, -0.15) is 0 Å². The van der Waals surface area contributed by atoms with E-state index < -0.39 is 10.8 Å². The molecule has 3 nitrogen and oxygen atoms in total. The number of benzene rings is 1. The number of halogens is 1. The smallest absolute Gasteiger partial charge is 0.123 e. The summed E-state index contributed by atoms with van der Waals surface area (Å²) >= 11 is 5.95. The summed E-state index contributed by atoms with van der Waals surface area (Å²) in [6.07, 6.45) is 2.76. The van der Waals surface area contributed by atoms with E-state index in [0.717, 1.165) is 30.3 Å². The molecule has 0 aliphatic carbocycles. The van der Waals surface area contributed by atoms with Crippen LogP contribution in [0.25, 0.3) is 0 Å². The Kier molecular flexibility index (Phi) is 4.65. The summed E-state index contributed by atoms with van der Waals surface area (Å²) in [5, 5.41) is 4.23. The predicted octanol–water partition coefficient (Wildman–Crippen LogP) is 2.00. The van der Waals surface area contributed by atoms with Crippen molar-refractivity contribution in [2.75, 3.05) is 19.3 Å². The van der Waals surface area contributed by atoms with E-state index in [4.69, 9.17) is 16.3 Å². The Morgan fingerprint density at radius 3 is 3.11 bits per heavy atom. The summed E-state index contributed by atoms with van der Waals surface area (Å²) in [4.78, 5) is 0. The van der Waals surface area contributed by atoms with Gasteiger partial charge in [0.05, 0.1) is 0 Å².